The standard InChI is InChI=1S/C43H82O5/c1-3-5-7-9-11-13-15-17-19-21-23-25-27-29-31-33-35-37-42(45)47-40-41(39-44)48-43(46)38-36-34-32-30-28-26-24-22-20-18-16-14-12-10-8-6-4-2/h18,20,41,44H,3-17,19,21-40H2,1-2H3/b20-18-. The third-order valence-electron chi connectivity index (χ3n) is 9.56. The van der Waals surface area contributed by atoms with Gasteiger partial charge in [-0.15, -0.1) is 0 Å². The lowest BCUT2D eigenvalue weighted by molar-refractivity contribution is -0.161. The normalized spacial score (nSPS) is 12.1. The van der Waals surface area contributed by atoms with Crippen LogP contribution in [0.1, 0.15) is 232 Å². The lowest BCUT2D eigenvalue weighted by Crippen LogP contribution is -2.28. The van der Waals surface area contributed by atoms with Crippen LogP contribution < -0.4 is 0 Å². The van der Waals surface area contributed by atoms with Gasteiger partial charge in [0.2, 0.25) is 0 Å². The van der Waals surface area contributed by atoms with Crippen LogP contribution in [0.4, 0.5) is 0 Å². The van der Waals surface area contributed by atoms with Crippen molar-refractivity contribution in [3.05, 3.63) is 12.2 Å². The number of carbonyl (C=O) groups excluding carboxylic acids is 2. The molecule has 0 aromatic carbocycles. The van der Waals surface area contributed by atoms with Gasteiger partial charge in [-0.2, -0.15) is 0 Å². The van der Waals surface area contributed by atoms with Crippen LogP contribution in [0.15, 0.2) is 12.2 Å². The van der Waals surface area contributed by atoms with Crippen LogP contribution in [0, 0.1) is 0 Å². The van der Waals surface area contributed by atoms with Gasteiger partial charge in [-0.05, 0) is 38.5 Å². The number of unbranched alkanes of at least 4 members (excludes halogenated alkanes) is 29. The van der Waals surface area contributed by atoms with E-state index < -0.39 is 6.10 Å². The molecule has 0 aliphatic carbocycles. The molecule has 0 rings (SSSR count). The van der Waals surface area contributed by atoms with Crippen molar-refractivity contribution in [1.82, 2.24) is 0 Å². The Balaban J connectivity index is 3.50. The minimum absolute atomic E-state index is 0.0612. The highest BCUT2D eigenvalue weighted by Crippen LogP contribution is 2.15. The zero-order valence-corrected chi connectivity index (χ0v) is 32.3. The number of allylic oxidation sites excluding steroid dienone is 2. The smallest absolute Gasteiger partial charge is 0.306 e. The van der Waals surface area contributed by atoms with E-state index in [-0.39, 0.29) is 25.2 Å². The summed E-state index contributed by atoms with van der Waals surface area (Å²) >= 11 is 0. The van der Waals surface area contributed by atoms with Gasteiger partial charge in [0.05, 0.1) is 6.61 Å². The summed E-state index contributed by atoms with van der Waals surface area (Å²) in [5, 5.41) is 9.57. The molecule has 1 N–H and O–H groups in total. The van der Waals surface area contributed by atoms with Crippen LogP contribution in [0.2, 0.25) is 0 Å². The van der Waals surface area contributed by atoms with Crippen LogP contribution in [0.25, 0.3) is 0 Å². The van der Waals surface area contributed by atoms with Crippen molar-refractivity contribution in [3.63, 3.8) is 0 Å². The minimum atomic E-state index is -0.767. The fourth-order valence-electron chi connectivity index (χ4n) is 6.31. The van der Waals surface area contributed by atoms with Crippen LogP contribution in [-0.4, -0.2) is 36.4 Å². The Hall–Kier alpha value is -1.36. The molecule has 5 heteroatoms. The number of esters is 2. The van der Waals surface area contributed by atoms with Crippen molar-refractivity contribution < 1.29 is 24.2 Å². The van der Waals surface area contributed by atoms with E-state index in [1.54, 1.807) is 0 Å². The second kappa shape index (κ2) is 40.1. The number of aliphatic hydroxyl groups excluding tert-OH is 1. The maximum Gasteiger partial charge on any atom is 0.306 e. The number of ether oxygens (including phenoxy) is 2. The van der Waals surface area contributed by atoms with E-state index in [9.17, 15) is 14.7 Å². The summed E-state index contributed by atoms with van der Waals surface area (Å²) in [5.74, 6) is -0.583. The van der Waals surface area contributed by atoms with Gasteiger partial charge in [-0.1, -0.05) is 193 Å². The summed E-state index contributed by atoms with van der Waals surface area (Å²) in [4.78, 5) is 24.3. The first-order valence-electron chi connectivity index (χ1n) is 21.2. The van der Waals surface area contributed by atoms with Crippen molar-refractivity contribution in [1.29, 1.82) is 0 Å². The molecule has 0 aliphatic heterocycles. The Kier molecular flexibility index (Phi) is 38.9. The first kappa shape index (κ1) is 46.6. The second-order valence-corrected chi connectivity index (χ2v) is 14.4. The molecule has 1 unspecified atom stereocenters. The van der Waals surface area contributed by atoms with Crippen molar-refractivity contribution in [3.8, 4) is 0 Å². The van der Waals surface area contributed by atoms with E-state index in [4.69, 9.17) is 9.47 Å². The van der Waals surface area contributed by atoms with Gasteiger partial charge < -0.3 is 14.6 Å². The highest BCUT2D eigenvalue weighted by Gasteiger charge is 2.16. The average Bonchev–Trinajstić information content (AvgIpc) is 3.09. The summed E-state index contributed by atoms with van der Waals surface area (Å²) in [6.07, 6.45) is 45.6. The number of hydrogen-bond acceptors (Lipinski definition) is 5. The molecule has 0 spiro atoms. The van der Waals surface area contributed by atoms with Gasteiger partial charge in [0, 0.05) is 12.8 Å². The summed E-state index contributed by atoms with van der Waals surface area (Å²) < 4.78 is 10.6. The number of rotatable bonds is 39. The summed E-state index contributed by atoms with van der Waals surface area (Å²) in [5.41, 5.74) is 0. The van der Waals surface area contributed by atoms with Crippen molar-refractivity contribution in [2.45, 2.75) is 238 Å². The van der Waals surface area contributed by atoms with Crippen LogP contribution in [0.5, 0.6) is 0 Å². The van der Waals surface area contributed by atoms with E-state index >= 15 is 0 Å². The maximum atomic E-state index is 12.2. The predicted molar refractivity (Wildman–Crippen MR) is 205 cm³/mol. The molecule has 0 aromatic heterocycles. The van der Waals surface area contributed by atoms with Gasteiger partial charge in [-0.3, -0.25) is 9.59 Å². The van der Waals surface area contributed by atoms with Gasteiger partial charge in [0.15, 0.2) is 6.10 Å². The zero-order valence-electron chi connectivity index (χ0n) is 32.3. The monoisotopic (exact) mass is 679 g/mol. The Labute approximate surface area is 299 Å². The molecule has 5 nitrogen and oxygen atoms in total. The Bertz CT molecular complexity index is 691. The highest BCUT2D eigenvalue weighted by atomic mass is 16.6. The molecule has 1 atom stereocenters. The van der Waals surface area contributed by atoms with Crippen molar-refractivity contribution in [2.24, 2.45) is 0 Å². The Morgan fingerprint density at radius 2 is 0.771 bits per heavy atom. The van der Waals surface area contributed by atoms with E-state index in [2.05, 4.69) is 26.0 Å². The van der Waals surface area contributed by atoms with E-state index in [1.165, 1.54) is 173 Å². The molecule has 0 fully saturated rings. The molecule has 0 aromatic rings. The topological polar surface area (TPSA) is 72.8 Å². The lowest BCUT2D eigenvalue weighted by atomic mass is 10.0. The van der Waals surface area contributed by atoms with Crippen LogP contribution in [0.3, 0.4) is 0 Å². The van der Waals surface area contributed by atoms with Gasteiger partial charge >= 0.3 is 11.9 Å². The molecule has 48 heavy (non-hydrogen) atoms. The number of carbonyl (C=O) groups is 2. The van der Waals surface area contributed by atoms with Crippen molar-refractivity contribution in [2.75, 3.05) is 13.2 Å². The maximum absolute atomic E-state index is 12.2. The summed E-state index contributed by atoms with van der Waals surface area (Å²) in [7, 11) is 0. The Morgan fingerprint density at radius 1 is 0.458 bits per heavy atom. The summed E-state index contributed by atoms with van der Waals surface area (Å²) in [6.45, 7) is 4.16. The zero-order chi connectivity index (χ0) is 35.0. The highest BCUT2D eigenvalue weighted by molar-refractivity contribution is 5.70. The molecule has 0 bridgehead atoms. The summed E-state index contributed by atoms with van der Waals surface area (Å²) in [6, 6.07) is 0. The SMILES string of the molecule is CCCCCCCC/C=C\CCCCCCCCCC(=O)OC(CO)COC(=O)CCCCCCCCCCCCCCCCCCC. The van der Waals surface area contributed by atoms with Crippen LogP contribution >= 0.6 is 0 Å². The second-order valence-electron chi connectivity index (χ2n) is 14.4. The largest absolute Gasteiger partial charge is 0.462 e. The minimum Gasteiger partial charge on any atom is -0.462 e. The third kappa shape index (κ3) is 37.5. The van der Waals surface area contributed by atoms with Crippen molar-refractivity contribution >= 4 is 11.9 Å². The van der Waals surface area contributed by atoms with E-state index in [1.807, 2.05) is 0 Å². The first-order chi connectivity index (χ1) is 23.6. The number of aliphatic hydroxyl groups is 1. The van der Waals surface area contributed by atoms with E-state index in [0.29, 0.717) is 12.8 Å². The van der Waals surface area contributed by atoms with Gasteiger partial charge in [-0.25, -0.2) is 0 Å². The fourth-order valence-corrected chi connectivity index (χ4v) is 6.31. The molecule has 0 radical (unpaired) electrons. The van der Waals surface area contributed by atoms with Gasteiger partial charge in [0.25, 0.3) is 0 Å². The molecule has 0 amide bonds. The lowest BCUT2D eigenvalue weighted by Gasteiger charge is -2.15. The van der Waals surface area contributed by atoms with Crippen LogP contribution in [-0.2, 0) is 19.1 Å². The fraction of sp³-hybridized carbons (Fsp3) is 0.907. The molecular weight excluding hydrogens is 596 g/mol. The third-order valence-corrected chi connectivity index (χ3v) is 9.56. The predicted octanol–water partition coefficient (Wildman–Crippen LogP) is 13.3. The van der Waals surface area contributed by atoms with Gasteiger partial charge in [0.1, 0.15) is 6.61 Å². The average molecular weight is 679 g/mol. The molecule has 0 aliphatic rings. The molecule has 0 saturated heterocycles. The molecule has 284 valence electrons. The first-order valence-corrected chi connectivity index (χ1v) is 21.2. The Morgan fingerprint density at radius 3 is 1.12 bits per heavy atom. The number of hydrogen-bond donors (Lipinski definition) is 1. The molecule has 0 heterocycles. The molecule has 0 saturated carbocycles. The quantitative estimate of drug-likeness (QED) is 0.0398. The van der Waals surface area contributed by atoms with E-state index in [0.717, 1.165) is 32.1 Å². The molecular formula is C43H82O5.